The van der Waals surface area contributed by atoms with Gasteiger partial charge in [0.15, 0.2) is 0 Å². The molecule has 0 bridgehead atoms. The molecule has 1 unspecified atom stereocenters. The fraction of sp³-hybridized carbons (Fsp3) is 0.412. The van der Waals surface area contributed by atoms with E-state index in [1.807, 2.05) is 4.90 Å². The molecule has 1 aliphatic rings. The SMILES string of the molecule is Cc1cc2c(cc1C)N(C(=O)C(C)Cl)C(C)(C)c1ssc(=S)c1-2. The van der Waals surface area contributed by atoms with Crippen molar-refractivity contribution in [3.63, 3.8) is 0 Å². The van der Waals surface area contributed by atoms with Crippen molar-refractivity contribution in [2.75, 3.05) is 4.90 Å². The van der Waals surface area contributed by atoms with Gasteiger partial charge in [-0.15, -0.1) is 11.6 Å². The number of amides is 1. The Kier molecular flexibility index (Phi) is 4.20. The molecule has 0 saturated carbocycles. The van der Waals surface area contributed by atoms with Crippen LogP contribution in [0.25, 0.3) is 11.1 Å². The van der Waals surface area contributed by atoms with E-state index in [-0.39, 0.29) is 5.91 Å². The van der Waals surface area contributed by atoms with Crippen molar-refractivity contribution in [2.45, 2.75) is 45.5 Å². The molecule has 2 nitrogen and oxygen atoms in total. The fourth-order valence-corrected chi connectivity index (χ4v) is 6.44. The molecule has 1 amide bonds. The second kappa shape index (κ2) is 5.66. The zero-order valence-electron chi connectivity index (χ0n) is 13.7. The minimum Gasteiger partial charge on any atom is -0.300 e. The smallest absolute Gasteiger partial charge is 0.245 e. The largest absolute Gasteiger partial charge is 0.300 e. The van der Waals surface area contributed by atoms with E-state index in [4.69, 9.17) is 23.8 Å². The van der Waals surface area contributed by atoms with Crippen LogP contribution < -0.4 is 4.90 Å². The number of carbonyl (C=O) groups excluding carboxylic acids is 1. The van der Waals surface area contributed by atoms with Gasteiger partial charge in [-0.3, -0.25) is 9.69 Å². The molecule has 0 aliphatic carbocycles. The highest BCUT2D eigenvalue weighted by Gasteiger charge is 2.43. The van der Waals surface area contributed by atoms with Gasteiger partial charge in [0.1, 0.15) is 9.20 Å². The van der Waals surface area contributed by atoms with Gasteiger partial charge < -0.3 is 0 Å². The summed E-state index contributed by atoms with van der Waals surface area (Å²) in [4.78, 5) is 15.9. The van der Waals surface area contributed by atoms with E-state index in [1.165, 1.54) is 5.56 Å². The number of rotatable bonds is 1. The second-order valence-corrected chi connectivity index (χ2v) is 9.93. The maximum atomic E-state index is 12.9. The van der Waals surface area contributed by atoms with Crippen molar-refractivity contribution in [1.29, 1.82) is 0 Å². The Labute approximate surface area is 154 Å². The summed E-state index contributed by atoms with van der Waals surface area (Å²) in [5.41, 5.74) is 4.99. The number of benzene rings is 1. The Balaban J connectivity index is 2.40. The first-order chi connectivity index (χ1) is 10.7. The summed E-state index contributed by atoms with van der Waals surface area (Å²) >= 11 is 11.7. The quantitative estimate of drug-likeness (QED) is 0.340. The zero-order valence-corrected chi connectivity index (χ0v) is 16.9. The molecule has 0 fully saturated rings. The number of alkyl halides is 1. The van der Waals surface area contributed by atoms with E-state index in [0.29, 0.717) is 0 Å². The summed E-state index contributed by atoms with van der Waals surface area (Å²) < 4.78 is 0.897. The molecule has 0 N–H and O–H groups in total. The monoisotopic (exact) mass is 383 g/mol. The summed E-state index contributed by atoms with van der Waals surface area (Å²) in [5, 5.41) is -0.572. The first-order valence-corrected chi connectivity index (χ1v) is 10.4. The first kappa shape index (κ1) is 17.1. The summed E-state index contributed by atoms with van der Waals surface area (Å²) in [5.74, 6) is -0.0730. The lowest BCUT2D eigenvalue weighted by atomic mass is 9.85. The molecular weight excluding hydrogens is 366 g/mol. The van der Waals surface area contributed by atoms with Gasteiger partial charge in [0.2, 0.25) is 5.91 Å². The third-order valence-corrected chi connectivity index (χ3v) is 7.95. The Morgan fingerprint density at radius 1 is 1.26 bits per heavy atom. The van der Waals surface area contributed by atoms with Crippen molar-refractivity contribution in [3.8, 4) is 11.1 Å². The summed E-state index contributed by atoms with van der Waals surface area (Å²) in [6, 6.07) is 4.23. The average molecular weight is 384 g/mol. The number of hydrogen-bond acceptors (Lipinski definition) is 4. The van der Waals surface area contributed by atoms with Crippen LogP contribution in [0, 0.1) is 17.7 Å². The van der Waals surface area contributed by atoms with Crippen LogP contribution in [0.15, 0.2) is 12.1 Å². The predicted molar refractivity (Wildman–Crippen MR) is 104 cm³/mol. The number of carbonyl (C=O) groups is 1. The molecule has 3 rings (SSSR count). The molecule has 23 heavy (non-hydrogen) atoms. The maximum absolute atomic E-state index is 12.9. The molecule has 1 aliphatic heterocycles. The maximum Gasteiger partial charge on any atom is 0.245 e. The van der Waals surface area contributed by atoms with Gasteiger partial charge in [-0.1, -0.05) is 32.9 Å². The molecule has 1 aromatic carbocycles. The summed E-state index contributed by atoms with van der Waals surface area (Å²) in [6.45, 7) is 10.0. The number of nitrogens with zero attached hydrogens (tertiary/aromatic N) is 1. The third-order valence-electron chi connectivity index (χ3n) is 4.43. The molecule has 0 spiro atoms. The van der Waals surface area contributed by atoms with Crippen LogP contribution in [0.2, 0.25) is 0 Å². The standard InChI is InChI=1S/C17H18ClNOS3/c1-8-6-11-12(7-9(8)2)19(15(20)10(3)18)17(4,5)14-13(11)16(21)23-22-14/h6-7,10H,1-5H3. The second-order valence-electron chi connectivity index (χ2n) is 6.46. The lowest BCUT2D eigenvalue weighted by Gasteiger charge is -2.43. The lowest BCUT2D eigenvalue weighted by molar-refractivity contribution is -0.119. The van der Waals surface area contributed by atoms with E-state index in [1.54, 1.807) is 27.6 Å². The third kappa shape index (κ3) is 2.49. The number of hydrogen-bond donors (Lipinski definition) is 0. The Morgan fingerprint density at radius 2 is 1.87 bits per heavy atom. The molecule has 2 heterocycles. The van der Waals surface area contributed by atoms with E-state index >= 15 is 0 Å². The van der Waals surface area contributed by atoms with Gasteiger partial charge in [-0.05, 0) is 57.9 Å². The molecule has 1 atom stereocenters. The number of fused-ring (bicyclic) bond motifs is 3. The van der Waals surface area contributed by atoms with Gasteiger partial charge in [-0.25, -0.2) is 0 Å². The fourth-order valence-electron chi connectivity index (χ4n) is 3.06. The van der Waals surface area contributed by atoms with E-state index < -0.39 is 10.9 Å². The normalized spacial score (nSPS) is 16.7. The summed E-state index contributed by atoms with van der Waals surface area (Å²) in [6.07, 6.45) is 0. The van der Waals surface area contributed by atoms with Gasteiger partial charge in [-0.2, -0.15) is 0 Å². The van der Waals surface area contributed by atoms with Gasteiger partial charge >= 0.3 is 0 Å². The molecule has 0 radical (unpaired) electrons. The van der Waals surface area contributed by atoms with Crippen molar-refractivity contribution < 1.29 is 4.79 Å². The predicted octanol–water partition coefficient (Wildman–Crippen LogP) is 6.03. The number of halogens is 1. The molecule has 0 saturated heterocycles. The Morgan fingerprint density at radius 3 is 2.48 bits per heavy atom. The lowest BCUT2D eigenvalue weighted by Crippen LogP contribution is -2.50. The van der Waals surface area contributed by atoms with Gasteiger partial charge in [0.25, 0.3) is 0 Å². The molecule has 6 heteroatoms. The highest BCUT2D eigenvalue weighted by Crippen LogP contribution is 2.52. The minimum absolute atomic E-state index is 0.0730. The molecule has 122 valence electrons. The van der Waals surface area contributed by atoms with Crippen molar-refractivity contribution in [1.82, 2.24) is 0 Å². The van der Waals surface area contributed by atoms with Crippen LogP contribution in [0.5, 0.6) is 0 Å². The van der Waals surface area contributed by atoms with Crippen LogP contribution in [0.4, 0.5) is 5.69 Å². The van der Waals surface area contributed by atoms with Gasteiger partial charge in [0, 0.05) is 11.1 Å². The van der Waals surface area contributed by atoms with Crippen molar-refractivity contribution in [2.24, 2.45) is 0 Å². The molecule has 1 aromatic heterocycles. The Bertz CT molecular complexity index is 863. The van der Waals surface area contributed by atoms with E-state index in [9.17, 15) is 4.79 Å². The summed E-state index contributed by atoms with van der Waals surface area (Å²) in [7, 11) is 3.27. The van der Waals surface area contributed by atoms with Crippen LogP contribution in [-0.4, -0.2) is 11.3 Å². The topological polar surface area (TPSA) is 20.3 Å². The number of aryl methyl sites for hydroxylation is 2. The Hall–Kier alpha value is -0.750. The minimum atomic E-state index is -0.572. The molecule has 2 aromatic rings. The van der Waals surface area contributed by atoms with Gasteiger partial charge in [0.05, 0.1) is 16.1 Å². The van der Waals surface area contributed by atoms with Crippen molar-refractivity contribution in [3.05, 3.63) is 32.0 Å². The molecular formula is C17H18ClNOS3. The van der Waals surface area contributed by atoms with E-state index in [2.05, 4.69) is 39.8 Å². The van der Waals surface area contributed by atoms with Crippen LogP contribution in [-0.2, 0) is 10.3 Å². The zero-order chi connectivity index (χ0) is 17.1. The first-order valence-electron chi connectivity index (χ1n) is 7.39. The average Bonchev–Trinajstić information content (AvgIpc) is 2.84. The highest BCUT2D eigenvalue weighted by atomic mass is 35.5. The highest BCUT2D eigenvalue weighted by molar-refractivity contribution is 7.80. The van der Waals surface area contributed by atoms with Crippen molar-refractivity contribution >= 4 is 56.1 Å². The number of anilines is 1. The van der Waals surface area contributed by atoms with Crippen LogP contribution in [0.3, 0.4) is 0 Å². The van der Waals surface area contributed by atoms with Crippen LogP contribution in [0.1, 0.15) is 36.8 Å². The van der Waals surface area contributed by atoms with Crippen LogP contribution >= 0.6 is 44.5 Å². The van der Waals surface area contributed by atoms with E-state index in [0.717, 1.165) is 31.1 Å².